The number of nitrogens with zero attached hydrogens (tertiary/aromatic N) is 2. The lowest BCUT2D eigenvalue weighted by molar-refractivity contribution is -0.146. The van der Waals surface area contributed by atoms with Gasteiger partial charge in [-0.2, -0.15) is 0 Å². The van der Waals surface area contributed by atoms with Crippen molar-refractivity contribution < 1.29 is 19.5 Å². The van der Waals surface area contributed by atoms with Crippen LogP contribution in [0.3, 0.4) is 0 Å². The number of rotatable bonds is 4. The van der Waals surface area contributed by atoms with Gasteiger partial charge in [-0.05, 0) is 13.0 Å². The third-order valence-corrected chi connectivity index (χ3v) is 3.81. The second kappa shape index (κ2) is 6.49. The number of aryl methyl sites for hydroxylation is 1. The molecule has 0 aliphatic carbocycles. The molecule has 112 valence electrons. The second-order valence-electron chi connectivity index (χ2n) is 4.56. The molecule has 1 aliphatic rings. The number of carbonyl (C=O) groups excluding carboxylic acids is 2. The lowest BCUT2D eigenvalue weighted by atomic mass is 10.1. The molecule has 1 aromatic rings. The minimum atomic E-state index is -1.12. The van der Waals surface area contributed by atoms with Crippen molar-refractivity contribution in [1.82, 2.24) is 15.2 Å². The Bertz CT molecular complexity index is 596. The fraction of sp³-hybridized carbons (Fsp3) is 0.385. The Morgan fingerprint density at radius 3 is 3.00 bits per heavy atom. The molecule has 8 heteroatoms. The van der Waals surface area contributed by atoms with E-state index in [1.54, 1.807) is 6.08 Å². The monoisotopic (exact) mass is 309 g/mol. The summed E-state index contributed by atoms with van der Waals surface area (Å²) >= 11 is 1.47. The molecule has 1 atom stereocenters. The molecule has 7 nitrogen and oxygen atoms in total. The van der Waals surface area contributed by atoms with Crippen LogP contribution >= 0.6 is 11.3 Å². The molecule has 2 rings (SSSR count). The van der Waals surface area contributed by atoms with Gasteiger partial charge in [-0.3, -0.25) is 14.4 Å². The molecule has 2 N–H and O–H groups in total. The van der Waals surface area contributed by atoms with Gasteiger partial charge >= 0.3 is 5.97 Å². The van der Waals surface area contributed by atoms with Crippen LogP contribution in [-0.2, 0) is 14.4 Å². The molecule has 0 saturated carbocycles. The van der Waals surface area contributed by atoms with Crippen LogP contribution in [-0.4, -0.2) is 51.9 Å². The zero-order valence-electron chi connectivity index (χ0n) is 11.4. The molecular weight excluding hydrogens is 294 g/mol. The number of nitrogens with one attached hydrogen (secondary N) is 1. The maximum Gasteiger partial charge on any atom is 0.305 e. The molecule has 0 bridgehead atoms. The van der Waals surface area contributed by atoms with Gasteiger partial charge in [-0.15, -0.1) is 11.3 Å². The Hall–Kier alpha value is -2.22. The fourth-order valence-electron chi connectivity index (χ4n) is 2.06. The van der Waals surface area contributed by atoms with Gasteiger partial charge in [0.1, 0.15) is 6.04 Å². The highest BCUT2D eigenvalue weighted by Gasteiger charge is 2.33. The summed E-state index contributed by atoms with van der Waals surface area (Å²) < 4.78 is 0. The van der Waals surface area contributed by atoms with E-state index in [2.05, 4.69) is 10.3 Å². The average molecular weight is 309 g/mol. The normalized spacial score (nSPS) is 18.8. The van der Waals surface area contributed by atoms with E-state index in [0.717, 1.165) is 5.01 Å². The molecule has 0 spiro atoms. The van der Waals surface area contributed by atoms with Gasteiger partial charge in [0, 0.05) is 24.5 Å². The summed E-state index contributed by atoms with van der Waals surface area (Å²) in [6.07, 6.45) is 2.49. The van der Waals surface area contributed by atoms with E-state index < -0.39 is 24.3 Å². The largest absolute Gasteiger partial charge is 0.481 e. The van der Waals surface area contributed by atoms with Crippen molar-refractivity contribution in [2.45, 2.75) is 19.4 Å². The van der Waals surface area contributed by atoms with E-state index in [9.17, 15) is 14.4 Å². The lowest BCUT2D eigenvalue weighted by Crippen LogP contribution is -2.57. The summed E-state index contributed by atoms with van der Waals surface area (Å²) in [5, 5.41) is 14.1. The van der Waals surface area contributed by atoms with Crippen LogP contribution in [0.15, 0.2) is 11.5 Å². The highest BCUT2D eigenvalue weighted by Crippen LogP contribution is 2.12. The van der Waals surface area contributed by atoms with Crippen LogP contribution in [0.4, 0.5) is 0 Å². The first-order valence-electron chi connectivity index (χ1n) is 6.37. The van der Waals surface area contributed by atoms with E-state index >= 15 is 0 Å². The third kappa shape index (κ3) is 3.88. The van der Waals surface area contributed by atoms with Gasteiger partial charge in [-0.1, -0.05) is 0 Å². The Labute approximate surface area is 125 Å². The predicted molar refractivity (Wildman–Crippen MR) is 76.6 cm³/mol. The zero-order chi connectivity index (χ0) is 15.4. The zero-order valence-corrected chi connectivity index (χ0v) is 12.2. The number of hydrogen-bond acceptors (Lipinski definition) is 5. The van der Waals surface area contributed by atoms with Crippen LogP contribution in [0.5, 0.6) is 0 Å². The standard InChI is InChI=1S/C13H15N3O4S/c1-8-15-9(7-21-8)2-3-11(17)16-5-4-14-13(20)10(16)6-12(18)19/h2-3,7,10H,4-6H2,1H3,(H,14,20)(H,18,19). The first-order valence-corrected chi connectivity index (χ1v) is 7.25. The number of carboxylic acid groups (broad SMARTS) is 1. The van der Waals surface area contributed by atoms with Crippen molar-refractivity contribution >= 4 is 35.2 Å². The first-order chi connectivity index (χ1) is 9.97. The van der Waals surface area contributed by atoms with Gasteiger partial charge in [0.25, 0.3) is 0 Å². The lowest BCUT2D eigenvalue weighted by Gasteiger charge is -2.33. The summed E-state index contributed by atoms with van der Waals surface area (Å²) in [4.78, 5) is 40.2. The van der Waals surface area contributed by atoms with Crippen molar-refractivity contribution in [3.05, 3.63) is 22.2 Å². The van der Waals surface area contributed by atoms with Crippen molar-refractivity contribution in [2.24, 2.45) is 0 Å². The van der Waals surface area contributed by atoms with Crippen molar-refractivity contribution in [3.63, 3.8) is 0 Å². The summed E-state index contributed by atoms with van der Waals surface area (Å²) in [5.74, 6) is -1.94. The van der Waals surface area contributed by atoms with Gasteiger partial charge < -0.3 is 15.3 Å². The minimum absolute atomic E-state index is 0.295. The first kappa shape index (κ1) is 15.2. The average Bonchev–Trinajstić information content (AvgIpc) is 2.84. The van der Waals surface area contributed by atoms with Crippen molar-refractivity contribution in [2.75, 3.05) is 13.1 Å². The summed E-state index contributed by atoms with van der Waals surface area (Å²) in [6.45, 7) is 2.48. The maximum atomic E-state index is 12.2. The highest BCUT2D eigenvalue weighted by atomic mass is 32.1. The quantitative estimate of drug-likeness (QED) is 0.778. The number of hydrogen-bond donors (Lipinski definition) is 2. The number of aliphatic carboxylic acids is 1. The van der Waals surface area contributed by atoms with E-state index in [0.29, 0.717) is 18.8 Å². The molecule has 0 aromatic carbocycles. The molecule has 2 heterocycles. The van der Waals surface area contributed by atoms with Crippen molar-refractivity contribution in [1.29, 1.82) is 0 Å². The molecule has 1 unspecified atom stereocenters. The second-order valence-corrected chi connectivity index (χ2v) is 5.62. The van der Waals surface area contributed by atoms with Crippen LogP contribution < -0.4 is 5.32 Å². The number of amides is 2. The number of thiazole rings is 1. The SMILES string of the molecule is Cc1nc(C=CC(=O)N2CCNC(=O)C2CC(=O)O)cs1. The topological polar surface area (TPSA) is 99.6 Å². The molecule has 1 aliphatic heterocycles. The van der Waals surface area contributed by atoms with Crippen LogP contribution in [0, 0.1) is 6.92 Å². The van der Waals surface area contributed by atoms with Crippen LogP contribution in [0.25, 0.3) is 6.08 Å². The molecule has 1 fully saturated rings. The Kier molecular flexibility index (Phi) is 4.69. The number of carboxylic acids is 1. The number of piperazine rings is 1. The van der Waals surface area contributed by atoms with Gasteiger partial charge in [0.2, 0.25) is 11.8 Å². The van der Waals surface area contributed by atoms with Crippen LogP contribution in [0.1, 0.15) is 17.1 Å². The molecular formula is C13H15N3O4S. The van der Waals surface area contributed by atoms with Gasteiger partial charge in [0.05, 0.1) is 17.1 Å². The Morgan fingerprint density at radius 2 is 2.38 bits per heavy atom. The maximum absolute atomic E-state index is 12.2. The molecule has 2 amide bonds. The van der Waals surface area contributed by atoms with E-state index in [-0.39, 0.29) is 5.91 Å². The van der Waals surface area contributed by atoms with E-state index in [1.165, 1.54) is 22.3 Å². The molecule has 1 aromatic heterocycles. The van der Waals surface area contributed by atoms with E-state index in [4.69, 9.17) is 5.11 Å². The third-order valence-electron chi connectivity index (χ3n) is 3.02. The number of aromatic nitrogens is 1. The van der Waals surface area contributed by atoms with Crippen LogP contribution in [0.2, 0.25) is 0 Å². The highest BCUT2D eigenvalue weighted by molar-refractivity contribution is 7.09. The molecule has 21 heavy (non-hydrogen) atoms. The summed E-state index contributed by atoms with van der Waals surface area (Å²) in [7, 11) is 0. The van der Waals surface area contributed by atoms with Crippen molar-refractivity contribution in [3.8, 4) is 0 Å². The predicted octanol–water partition coefficient (Wildman–Crippen LogP) is 0.266. The van der Waals surface area contributed by atoms with Gasteiger partial charge in [0.15, 0.2) is 0 Å². The Balaban J connectivity index is 2.09. The molecule has 0 radical (unpaired) electrons. The summed E-state index contributed by atoms with van der Waals surface area (Å²) in [5.41, 5.74) is 0.669. The molecule has 1 saturated heterocycles. The smallest absolute Gasteiger partial charge is 0.305 e. The summed E-state index contributed by atoms with van der Waals surface area (Å²) in [6, 6.07) is -0.967. The van der Waals surface area contributed by atoms with Gasteiger partial charge in [-0.25, -0.2) is 4.98 Å². The number of carbonyl (C=O) groups is 3. The minimum Gasteiger partial charge on any atom is -0.481 e. The fourth-order valence-corrected chi connectivity index (χ4v) is 2.64. The Morgan fingerprint density at radius 1 is 1.62 bits per heavy atom. The van der Waals surface area contributed by atoms with E-state index in [1.807, 2.05) is 12.3 Å².